The smallest absolute Gasteiger partial charge is 0.128 e. The van der Waals surface area contributed by atoms with Crippen LogP contribution >= 0.6 is 0 Å². The Bertz CT molecular complexity index is 754. The van der Waals surface area contributed by atoms with Gasteiger partial charge in [0.05, 0.1) is 0 Å². The molecule has 0 aromatic carbocycles. The van der Waals surface area contributed by atoms with E-state index >= 15 is 0 Å². The van der Waals surface area contributed by atoms with Gasteiger partial charge in [0.25, 0.3) is 0 Å². The molecule has 1 atom stereocenters. The Morgan fingerprint density at radius 2 is 1.69 bits per heavy atom. The van der Waals surface area contributed by atoms with Gasteiger partial charge in [0, 0.05) is 51.0 Å². The fourth-order valence-corrected chi connectivity index (χ4v) is 6.11. The lowest BCUT2D eigenvalue weighted by Gasteiger charge is -2.44. The molecule has 5 heteroatoms. The molecule has 3 aliphatic heterocycles. The Hall–Kier alpha value is -1.69. The highest BCUT2D eigenvalue weighted by Gasteiger charge is 2.31. The Balaban J connectivity index is 1.19. The van der Waals surface area contributed by atoms with Gasteiger partial charge in [-0.1, -0.05) is 30.7 Å². The Morgan fingerprint density at radius 1 is 0.875 bits per heavy atom. The summed E-state index contributed by atoms with van der Waals surface area (Å²) in [5.74, 6) is 1.13. The van der Waals surface area contributed by atoms with Crippen molar-refractivity contribution in [2.75, 3.05) is 63.8 Å². The second-order valence-electron chi connectivity index (χ2n) is 10.0. The van der Waals surface area contributed by atoms with Crippen molar-refractivity contribution >= 4 is 5.82 Å². The Morgan fingerprint density at radius 3 is 2.38 bits per heavy atom. The van der Waals surface area contributed by atoms with Gasteiger partial charge >= 0.3 is 0 Å². The standard InChI is InChI=1S/C27H41N5/c1-3-9-24(10-4-1)26(31-19-21-32(22-20-31)27-11-5-6-14-28-27)23-29-17-12-25(13-18-29)30-15-7-2-8-16-30/h3,5-6,9-11,14,25-26H,1-2,4,7-8,12-13,15-23H2. The van der Waals surface area contributed by atoms with Crippen LogP contribution in [0.2, 0.25) is 0 Å². The highest BCUT2D eigenvalue weighted by molar-refractivity contribution is 5.38. The van der Waals surface area contributed by atoms with Gasteiger partial charge in [-0.15, -0.1) is 0 Å². The minimum Gasteiger partial charge on any atom is -0.354 e. The molecule has 0 radical (unpaired) electrons. The van der Waals surface area contributed by atoms with Crippen LogP contribution in [0.25, 0.3) is 0 Å². The van der Waals surface area contributed by atoms with Crippen LogP contribution in [0.3, 0.4) is 0 Å². The first-order chi connectivity index (χ1) is 15.9. The van der Waals surface area contributed by atoms with E-state index in [1.807, 2.05) is 12.3 Å². The number of piperazine rings is 1. The van der Waals surface area contributed by atoms with Crippen molar-refractivity contribution in [3.63, 3.8) is 0 Å². The van der Waals surface area contributed by atoms with Gasteiger partial charge in [-0.05, 0) is 82.4 Å². The van der Waals surface area contributed by atoms with Gasteiger partial charge in [0.15, 0.2) is 0 Å². The number of pyridine rings is 1. The average Bonchev–Trinajstić information content (AvgIpc) is 2.89. The van der Waals surface area contributed by atoms with E-state index in [1.54, 1.807) is 5.57 Å². The summed E-state index contributed by atoms with van der Waals surface area (Å²) in [5, 5.41) is 0. The summed E-state index contributed by atoms with van der Waals surface area (Å²) >= 11 is 0. The molecular formula is C27H41N5. The van der Waals surface area contributed by atoms with Crippen molar-refractivity contribution in [1.29, 1.82) is 0 Å². The SMILES string of the molecule is C1=CC(C(CN2CCC(N3CCCCC3)CC2)N2CCN(c3ccccn3)CC2)=CCC1. The van der Waals surface area contributed by atoms with Crippen LogP contribution in [0.1, 0.15) is 44.9 Å². The molecule has 1 aromatic heterocycles. The third-order valence-electron chi connectivity index (χ3n) is 8.03. The monoisotopic (exact) mass is 435 g/mol. The molecule has 3 saturated heterocycles. The summed E-state index contributed by atoms with van der Waals surface area (Å²) in [6.07, 6.45) is 18.6. The van der Waals surface area contributed by atoms with Gasteiger partial charge < -0.3 is 14.7 Å². The lowest BCUT2D eigenvalue weighted by Crippen LogP contribution is -2.55. The largest absolute Gasteiger partial charge is 0.354 e. The maximum atomic E-state index is 4.57. The van der Waals surface area contributed by atoms with Gasteiger partial charge in [0.1, 0.15) is 5.82 Å². The van der Waals surface area contributed by atoms with Crippen molar-refractivity contribution < 1.29 is 0 Å². The summed E-state index contributed by atoms with van der Waals surface area (Å²) in [7, 11) is 0. The van der Waals surface area contributed by atoms with E-state index in [1.165, 1.54) is 77.7 Å². The Labute approximate surface area is 194 Å². The molecule has 0 spiro atoms. The zero-order valence-electron chi connectivity index (χ0n) is 19.7. The number of aromatic nitrogens is 1. The first-order valence-corrected chi connectivity index (χ1v) is 13.1. The number of hydrogen-bond acceptors (Lipinski definition) is 5. The van der Waals surface area contributed by atoms with Crippen LogP contribution in [0, 0.1) is 0 Å². The van der Waals surface area contributed by atoms with Gasteiger partial charge in [-0.2, -0.15) is 0 Å². The number of rotatable bonds is 6. The fraction of sp³-hybridized carbons (Fsp3) is 0.667. The number of hydrogen-bond donors (Lipinski definition) is 0. The molecule has 4 heterocycles. The summed E-state index contributed by atoms with van der Waals surface area (Å²) < 4.78 is 0. The quantitative estimate of drug-likeness (QED) is 0.677. The van der Waals surface area contributed by atoms with E-state index in [0.29, 0.717) is 6.04 Å². The number of nitrogens with zero attached hydrogens (tertiary/aromatic N) is 5. The molecule has 174 valence electrons. The average molecular weight is 436 g/mol. The lowest BCUT2D eigenvalue weighted by atomic mass is 9.95. The maximum absolute atomic E-state index is 4.57. The molecular weight excluding hydrogens is 394 g/mol. The van der Waals surface area contributed by atoms with Gasteiger partial charge in [0.2, 0.25) is 0 Å². The molecule has 4 aliphatic rings. The molecule has 1 aromatic rings. The van der Waals surface area contributed by atoms with Crippen molar-refractivity contribution in [3.8, 4) is 0 Å². The maximum Gasteiger partial charge on any atom is 0.128 e. The molecule has 5 nitrogen and oxygen atoms in total. The second kappa shape index (κ2) is 11.0. The van der Waals surface area contributed by atoms with E-state index in [-0.39, 0.29) is 0 Å². The highest BCUT2D eigenvalue weighted by atomic mass is 15.3. The second-order valence-corrected chi connectivity index (χ2v) is 10.0. The fourth-order valence-electron chi connectivity index (χ4n) is 6.11. The lowest BCUT2D eigenvalue weighted by molar-refractivity contribution is 0.0767. The van der Waals surface area contributed by atoms with Crippen LogP contribution in [-0.2, 0) is 0 Å². The first kappa shape index (κ1) is 22.1. The normalized spacial score (nSPS) is 25.6. The van der Waals surface area contributed by atoms with Gasteiger partial charge in [-0.25, -0.2) is 4.98 Å². The predicted octanol–water partition coefficient (Wildman–Crippen LogP) is 3.80. The zero-order valence-corrected chi connectivity index (χ0v) is 19.7. The minimum atomic E-state index is 0.531. The third kappa shape index (κ3) is 5.44. The number of piperidine rings is 2. The first-order valence-electron chi connectivity index (χ1n) is 13.1. The zero-order chi connectivity index (χ0) is 21.6. The predicted molar refractivity (Wildman–Crippen MR) is 133 cm³/mol. The topological polar surface area (TPSA) is 25.9 Å². The van der Waals surface area contributed by atoms with Crippen LogP contribution in [0.4, 0.5) is 5.82 Å². The molecule has 1 unspecified atom stereocenters. The van der Waals surface area contributed by atoms with Gasteiger partial charge in [-0.3, -0.25) is 4.90 Å². The molecule has 0 bridgehead atoms. The molecule has 32 heavy (non-hydrogen) atoms. The van der Waals surface area contributed by atoms with E-state index in [2.05, 4.69) is 54.9 Å². The van der Waals surface area contributed by atoms with Crippen LogP contribution in [-0.4, -0.2) is 90.7 Å². The number of likely N-dealkylation sites (tertiary alicyclic amines) is 2. The summed E-state index contributed by atoms with van der Waals surface area (Å²) in [6.45, 7) is 10.8. The highest BCUT2D eigenvalue weighted by Crippen LogP contribution is 2.25. The van der Waals surface area contributed by atoms with Crippen molar-refractivity contribution in [2.24, 2.45) is 0 Å². The molecule has 0 N–H and O–H groups in total. The molecule has 5 rings (SSSR count). The number of anilines is 1. The molecule has 0 saturated carbocycles. The molecule has 3 fully saturated rings. The molecule has 1 aliphatic carbocycles. The number of allylic oxidation sites excluding steroid dienone is 2. The van der Waals surface area contributed by atoms with E-state index in [0.717, 1.165) is 38.0 Å². The van der Waals surface area contributed by atoms with Crippen molar-refractivity contribution in [2.45, 2.75) is 57.0 Å². The van der Waals surface area contributed by atoms with Crippen molar-refractivity contribution in [3.05, 3.63) is 48.2 Å². The van der Waals surface area contributed by atoms with Crippen LogP contribution in [0.15, 0.2) is 48.2 Å². The Kier molecular flexibility index (Phi) is 7.57. The van der Waals surface area contributed by atoms with Crippen LogP contribution in [0.5, 0.6) is 0 Å². The van der Waals surface area contributed by atoms with E-state index in [9.17, 15) is 0 Å². The van der Waals surface area contributed by atoms with Crippen molar-refractivity contribution in [1.82, 2.24) is 19.7 Å². The summed E-state index contributed by atoms with van der Waals surface area (Å²) in [5.41, 5.74) is 1.56. The van der Waals surface area contributed by atoms with E-state index in [4.69, 9.17) is 0 Å². The minimum absolute atomic E-state index is 0.531. The summed E-state index contributed by atoms with van der Waals surface area (Å²) in [6, 6.07) is 7.62. The summed E-state index contributed by atoms with van der Waals surface area (Å²) in [4.78, 5) is 15.3. The van der Waals surface area contributed by atoms with E-state index < -0.39 is 0 Å². The molecule has 0 amide bonds. The third-order valence-corrected chi connectivity index (χ3v) is 8.03. The van der Waals surface area contributed by atoms with Crippen LogP contribution < -0.4 is 4.90 Å².